The van der Waals surface area contributed by atoms with E-state index in [-0.39, 0.29) is 12.1 Å². The molecule has 2 unspecified atom stereocenters. The van der Waals surface area contributed by atoms with Crippen LogP contribution in [0.3, 0.4) is 0 Å². The molecule has 0 aliphatic rings. The van der Waals surface area contributed by atoms with Gasteiger partial charge in [0.25, 0.3) is 0 Å². The molecule has 0 aliphatic heterocycles. The Bertz CT molecular complexity index is 266. The molecular formula is C11H19N3O. The van der Waals surface area contributed by atoms with Crippen molar-refractivity contribution < 1.29 is 4.74 Å². The number of nitrogens with zero attached hydrogens (tertiary/aromatic N) is 1. The third kappa shape index (κ3) is 3.95. The largest absolute Gasteiger partial charge is 0.380 e. The first-order valence-corrected chi connectivity index (χ1v) is 5.14. The Kier molecular flexibility index (Phi) is 5.25. The van der Waals surface area contributed by atoms with Crippen molar-refractivity contribution in [3.63, 3.8) is 0 Å². The Balaban J connectivity index is 2.50. The van der Waals surface area contributed by atoms with Gasteiger partial charge in [0.2, 0.25) is 0 Å². The number of methoxy groups -OCH3 is 1. The second-order valence-corrected chi connectivity index (χ2v) is 3.53. The second kappa shape index (κ2) is 6.50. The Morgan fingerprint density at radius 3 is 2.93 bits per heavy atom. The summed E-state index contributed by atoms with van der Waals surface area (Å²) in [7, 11) is 1.70. The molecule has 4 heteroatoms. The zero-order chi connectivity index (χ0) is 11.1. The third-order valence-corrected chi connectivity index (χ3v) is 2.38. The van der Waals surface area contributed by atoms with Crippen LogP contribution < -0.4 is 11.1 Å². The molecule has 0 spiro atoms. The Morgan fingerprint density at radius 1 is 1.60 bits per heavy atom. The molecule has 15 heavy (non-hydrogen) atoms. The van der Waals surface area contributed by atoms with Gasteiger partial charge >= 0.3 is 0 Å². The summed E-state index contributed by atoms with van der Waals surface area (Å²) in [6.07, 6.45) is 3.78. The lowest BCUT2D eigenvalue weighted by Crippen LogP contribution is -2.34. The summed E-state index contributed by atoms with van der Waals surface area (Å²) in [6, 6.07) is 4.09. The van der Waals surface area contributed by atoms with Crippen LogP contribution in [0.15, 0.2) is 24.5 Å². The molecule has 1 heterocycles. The van der Waals surface area contributed by atoms with Crippen molar-refractivity contribution in [2.75, 3.05) is 20.2 Å². The highest BCUT2D eigenvalue weighted by Crippen LogP contribution is 2.09. The van der Waals surface area contributed by atoms with Gasteiger partial charge in [-0.25, -0.2) is 0 Å². The number of rotatable bonds is 6. The number of nitrogens with two attached hydrogens (primary N) is 1. The second-order valence-electron chi connectivity index (χ2n) is 3.53. The van der Waals surface area contributed by atoms with Crippen LogP contribution in [0.25, 0.3) is 0 Å². The SMILES string of the molecule is COC(C)CNC(CN)c1cccnc1. The molecule has 4 nitrogen and oxygen atoms in total. The summed E-state index contributed by atoms with van der Waals surface area (Å²) in [5.74, 6) is 0. The van der Waals surface area contributed by atoms with Gasteiger partial charge in [0, 0.05) is 38.6 Å². The molecule has 0 aromatic carbocycles. The van der Waals surface area contributed by atoms with Crippen LogP contribution in [-0.2, 0) is 4.74 Å². The molecule has 2 atom stereocenters. The molecule has 1 aromatic rings. The van der Waals surface area contributed by atoms with Crippen molar-refractivity contribution >= 4 is 0 Å². The van der Waals surface area contributed by atoms with Crippen LogP contribution in [0.1, 0.15) is 18.5 Å². The van der Waals surface area contributed by atoms with Crippen LogP contribution in [0.5, 0.6) is 0 Å². The number of hydrogen-bond acceptors (Lipinski definition) is 4. The highest BCUT2D eigenvalue weighted by Gasteiger charge is 2.09. The van der Waals surface area contributed by atoms with E-state index in [4.69, 9.17) is 10.5 Å². The Hall–Kier alpha value is -0.970. The fourth-order valence-corrected chi connectivity index (χ4v) is 1.31. The van der Waals surface area contributed by atoms with Crippen molar-refractivity contribution in [1.82, 2.24) is 10.3 Å². The van der Waals surface area contributed by atoms with E-state index in [0.29, 0.717) is 6.54 Å². The molecule has 0 amide bonds. The maximum absolute atomic E-state index is 5.70. The van der Waals surface area contributed by atoms with Crippen molar-refractivity contribution in [3.05, 3.63) is 30.1 Å². The molecule has 3 N–H and O–H groups in total. The van der Waals surface area contributed by atoms with Crippen molar-refractivity contribution in [1.29, 1.82) is 0 Å². The topological polar surface area (TPSA) is 60.2 Å². The lowest BCUT2D eigenvalue weighted by atomic mass is 10.1. The molecule has 0 saturated heterocycles. The predicted octanol–water partition coefficient (Wildman–Crippen LogP) is 0.706. The van der Waals surface area contributed by atoms with E-state index in [1.165, 1.54) is 0 Å². The van der Waals surface area contributed by atoms with E-state index in [0.717, 1.165) is 12.1 Å². The highest BCUT2D eigenvalue weighted by atomic mass is 16.5. The quantitative estimate of drug-likeness (QED) is 0.724. The zero-order valence-electron chi connectivity index (χ0n) is 9.31. The third-order valence-electron chi connectivity index (χ3n) is 2.38. The van der Waals surface area contributed by atoms with Gasteiger partial charge in [0.05, 0.1) is 6.10 Å². The predicted molar refractivity (Wildman–Crippen MR) is 60.5 cm³/mol. The van der Waals surface area contributed by atoms with Crippen LogP contribution in [0, 0.1) is 0 Å². The number of ether oxygens (including phenoxy) is 1. The van der Waals surface area contributed by atoms with Crippen molar-refractivity contribution in [2.24, 2.45) is 5.73 Å². The first-order chi connectivity index (χ1) is 7.27. The first kappa shape index (κ1) is 12.1. The van der Waals surface area contributed by atoms with Gasteiger partial charge in [-0.05, 0) is 18.6 Å². The maximum atomic E-state index is 5.70. The number of pyridine rings is 1. The van der Waals surface area contributed by atoms with Gasteiger partial charge in [-0.2, -0.15) is 0 Å². The average Bonchev–Trinajstić information content (AvgIpc) is 2.31. The summed E-state index contributed by atoms with van der Waals surface area (Å²) in [5, 5.41) is 3.35. The molecule has 1 aromatic heterocycles. The number of aromatic nitrogens is 1. The van der Waals surface area contributed by atoms with E-state index in [9.17, 15) is 0 Å². The van der Waals surface area contributed by atoms with Crippen molar-refractivity contribution in [3.8, 4) is 0 Å². The van der Waals surface area contributed by atoms with E-state index >= 15 is 0 Å². The monoisotopic (exact) mass is 209 g/mol. The van der Waals surface area contributed by atoms with Crippen LogP contribution in [-0.4, -0.2) is 31.3 Å². The van der Waals surface area contributed by atoms with E-state index < -0.39 is 0 Å². The number of hydrogen-bond donors (Lipinski definition) is 2. The molecule has 0 radical (unpaired) electrons. The molecule has 0 aliphatic carbocycles. The van der Waals surface area contributed by atoms with Gasteiger partial charge < -0.3 is 15.8 Å². The standard InChI is InChI=1S/C11H19N3O/c1-9(15-2)7-14-11(6-12)10-4-3-5-13-8-10/h3-5,8-9,11,14H,6-7,12H2,1-2H3. The van der Waals surface area contributed by atoms with Gasteiger partial charge in [-0.15, -0.1) is 0 Å². The molecule has 0 fully saturated rings. The zero-order valence-corrected chi connectivity index (χ0v) is 9.31. The molecule has 84 valence electrons. The van der Waals surface area contributed by atoms with Crippen LogP contribution in [0.4, 0.5) is 0 Å². The molecule has 0 saturated carbocycles. The summed E-state index contributed by atoms with van der Waals surface area (Å²) in [5.41, 5.74) is 6.82. The minimum atomic E-state index is 0.149. The fourth-order valence-electron chi connectivity index (χ4n) is 1.31. The van der Waals surface area contributed by atoms with Crippen molar-refractivity contribution in [2.45, 2.75) is 19.1 Å². The van der Waals surface area contributed by atoms with Gasteiger partial charge in [-0.1, -0.05) is 6.07 Å². The smallest absolute Gasteiger partial charge is 0.0667 e. The summed E-state index contributed by atoms with van der Waals surface area (Å²) in [4.78, 5) is 4.07. The Morgan fingerprint density at radius 2 is 2.40 bits per heavy atom. The molecule has 0 bridgehead atoms. The number of nitrogens with one attached hydrogen (secondary N) is 1. The van der Waals surface area contributed by atoms with E-state index in [1.54, 1.807) is 13.3 Å². The Labute approximate surface area is 90.8 Å². The maximum Gasteiger partial charge on any atom is 0.0667 e. The fraction of sp³-hybridized carbons (Fsp3) is 0.545. The van der Waals surface area contributed by atoms with Gasteiger partial charge in [0.15, 0.2) is 0 Å². The average molecular weight is 209 g/mol. The summed E-state index contributed by atoms with van der Waals surface area (Å²) >= 11 is 0. The highest BCUT2D eigenvalue weighted by molar-refractivity contribution is 5.14. The summed E-state index contributed by atoms with van der Waals surface area (Å²) in [6.45, 7) is 3.36. The summed E-state index contributed by atoms with van der Waals surface area (Å²) < 4.78 is 5.16. The molecular weight excluding hydrogens is 190 g/mol. The minimum Gasteiger partial charge on any atom is -0.380 e. The van der Waals surface area contributed by atoms with Crippen LogP contribution in [0.2, 0.25) is 0 Å². The van der Waals surface area contributed by atoms with Gasteiger partial charge in [0.1, 0.15) is 0 Å². The van der Waals surface area contributed by atoms with Gasteiger partial charge in [-0.3, -0.25) is 4.98 Å². The minimum absolute atomic E-state index is 0.149. The normalized spacial score (nSPS) is 14.9. The lowest BCUT2D eigenvalue weighted by Gasteiger charge is -2.19. The lowest BCUT2D eigenvalue weighted by molar-refractivity contribution is 0.114. The van der Waals surface area contributed by atoms with Crippen LogP contribution >= 0.6 is 0 Å². The molecule has 1 rings (SSSR count). The first-order valence-electron chi connectivity index (χ1n) is 5.14. The van der Waals surface area contributed by atoms with E-state index in [2.05, 4.69) is 10.3 Å². The van der Waals surface area contributed by atoms with E-state index in [1.807, 2.05) is 25.3 Å².